The quantitative estimate of drug-likeness (QED) is 0.0434. The zero-order valence-corrected chi connectivity index (χ0v) is 59.6. The molecular formula is C74H90F2O2S8. The standard InChI is InChI=1S/C74H90F2O2S8/c1-13-21-25-43(17-5)33-56-49(75)39-61(81-56)63-47-37-55(42(11)12)84-71(47)64(62-40-50(76)57(82-62)34-44(18-6)26-22-14-2)48-38-58(85-72(48)63)52-30-32-54(80-52)74-68-67(73(86-74)53-31-29-51(79-53)41(9)10)69(77)65-59(35-45(19-7)27-23-15-3)83-60(66(65)70(68)78)36-46(20-8)28-24-16-4/h29-32,37-46H,13-28,33-36H2,1-12H3. The molecule has 12 heteroatoms. The van der Waals surface area contributed by atoms with E-state index in [2.05, 4.69) is 119 Å². The van der Waals surface area contributed by atoms with Gasteiger partial charge in [0, 0.05) is 101 Å². The van der Waals surface area contributed by atoms with Crippen molar-refractivity contribution in [1.29, 1.82) is 0 Å². The molecule has 10 rings (SSSR count). The number of rotatable bonds is 31. The number of benzene rings is 1. The third kappa shape index (κ3) is 13.5. The van der Waals surface area contributed by atoms with Gasteiger partial charge in [0.1, 0.15) is 11.6 Å². The molecule has 8 heterocycles. The number of hydrogen-bond donors (Lipinski definition) is 0. The van der Waals surface area contributed by atoms with Crippen molar-refractivity contribution in [2.75, 3.05) is 0 Å². The van der Waals surface area contributed by atoms with Crippen LogP contribution in [0.5, 0.6) is 0 Å². The van der Waals surface area contributed by atoms with Gasteiger partial charge in [0.05, 0.1) is 20.9 Å². The number of halogens is 2. The molecule has 1 aromatic carbocycles. The molecule has 460 valence electrons. The highest BCUT2D eigenvalue weighted by Gasteiger charge is 2.42. The van der Waals surface area contributed by atoms with Gasteiger partial charge in [0.15, 0.2) is 11.6 Å². The Kier molecular flexibility index (Phi) is 22.3. The summed E-state index contributed by atoms with van der Waals surface area (Å²) in [6, 6.07) is 17.1. The predicted molar refractivity (Wildman–Crippen MR) is 381 cm³/mol. The maximum atomic E-state index is 16.7. The molecule has 1 aliphatic rings. The maximum absolute atomic E-state index is 16.7. The van der Waals surface area contributed by atoms with E-state index >= 15 is 18.4 Å². The SMILES string of the molecule is CCCCC(CC)Cc1sc(-c2c3cc(C(C)C)sc3c(-c3cc(F)c(CC(CC)CCCC)s3)c3cc(-c4ccc(-c5sc(-c6ccc(C(C)C)s6)c6c5C(=O)c5c(CC(CC)CCCC)sc(CC(CC)CCCC)c5C6=O)s4)sc23)cc1F. The van der Waals surface area contributed by atoms with Gasteiger partial charge in [-0.1, -0.05) is 186 Å². The van der Waals surface area contributed by atoms with E-state index in [4.69, 9.17) is 0 Å². The number of hydrogen-bond acceptors (Lipinski definition) is 10. The van der Waals surface area contributed by atoms with Gasteiger partial charge in [-0.2, -0.15) is 0 Å². The summed E-state index contributed by atoms with van der Waals surface area (Å²) in [4.78, 5) is 46.2. The van der Waals surface area contributed by atoms with Crippen molar-refractivity contribution in [2.45, 2.75) is 223 Å². The van der Waals surface area contributed by atoms with Crippen LogP contribution in [0.15, 0.2) is 48.5 Å². The third-order valence-corrected chi connectivity index (χ3v) is 28.8. The molecule has 0 radical (unpaired) electrons. The van der Waals surface area contributed by atoms with E-state index in [0.717, 1.165) is 218 Å². The molecule has 4 atom stereocenters. The summed E-state index contributed by atoms with van der Waals surface area (Å²) in [6.45, 7) is 26.9. The average molecular weight is 1310 g/mol. The van der Waals surface area contributed by atoms with Crippen molar-refractivity contribution >= 4 is 122 Å². The highest BCUT2D eigenvalue weighted by Crippen LogP contribution is 2.57. The van der Waals surface area contributed by atoms with Crippen LogP contribution in [0, 0.1) is 35.3 Å². The number of thiophene rings is 8. The highest BCUT2D eigenvalue weighted by molar-refractivity contribution is 7.31. The van der Waals surface area contributed by atoms with Crippen molar-refractivity contribution in [3.8, 4) is 50.1 Å². The average Bonchev–Trinajstić information content (AvgIpc) is 1.88. The Morgan fingerprint density at radius 1 is 0.360 bits per heavy atom. The van der Waals surface area contributed by atoms with Crippen molar-refractivity contribution in [3.63, 3.8) is 0 Å². The van der Waals surface area contributed by atoms with Gasteiger partial charge < -0.3 is 0 Å². The molecule has 0 bridgehead atoms. The van der Waals surface area contributed by atoms with Crippen LogP contribution < -0.4 is 0 Å². The first-order valence-electron chi connectivity index (χ1n) is 32.8. The van der Waals surface area contributed by atoms with Crippen molar-refractivity contribution in [1.82, 2.24) is 0 Å². The summed E-state index contributed by atoms with van der Waals surface area (Å²) in [7, 11) is 0. The van der Waals surface area contributed by atoms with Crippen molar-refractivity contribution in [3.05, 3.63) is 112 Å². The zero-order chi connectivity index (χ0) is 61.1. The van der Waals surface area contributed by atoms with E-state index in [0.29, 0.717) is 51.8 Å². The monoisotopic (exact) mass is 1300 g/mol. The maximum Gasteiger partial charge on any atom is 0.197 e. The molecule has 0 saturated heterocycles. The predicted octanol–water partition coefficient (Wildman–Crippen LogP) is 27.2. The number of ketones is 2. The fourth-order valence-corrected chi connectivity index (χ4v) is 23.2. The van der Waals surface area contributed by atoms with Crippen molar-refractivity contribution in [2.24, 2.45) is 23.7 Å². The summed E-state index contributed by atoms with van der Waals surface area (Å²) in [6.07, 6.45) is 20.8. The molecule has 2 nitrogen and oxygen atoms in total. The Hall–Kier alpha value is -3.46. The molecule has 0 amide bonds. The lowest BCUT2D eigenvalue weighted by molar-refractivity contribution is 0.0980. The molecule has 0 spiro atoms. The molecule has 1 aliphatic carbocycles. The molecule has 8 aromatic heterocycles. The minimum Gasteiger partial charge on any atom is -0.288 e. The van der Waals surface area contributed by atoms with E-state index in [-0.39, 0.29) is 29.1 Å². The van der Waals surface area contributed by atoms with Gasteiger partial charge in [-0.15, -0.1) is 90.7 Å². The van der Waals surface area contributed by atoms with E-state index in [1.54, 1.807) is 79.4 Å². The largest absolute Gasteiger partial charge is 0.288 e. The number of carbonyl (C=O) groups is 2. The first-order valence-corrected chi connectivity index (χ1v) is 39.3. The van der Waals surface area contributed by atoms with E-state index < -0.39 is 0 Å². The topological polar surface area (TPSA) is 34.1 Å². The fourth-order valence-electron chi connectivity index (χ4n) is 13.0. The second-order valence-electron chi connectivity index (χ2n) is 25.3. The number of carbonyl (C=O) groups excluding carboxylic acids is 2. The minimum atomic E-state index is -0.116. The van der Waals surface area contributed by atoms with E-state index in [1.807, 2.05) is 23.5 Å². The summed E-state index contributed by atoms with van der Waals surface area (Å²) in [5.41, 5.74) is 4.69. The minimum absolute atomic E-state index is 0.0143. The van der Waals surface area contributed by atoms with Gasteiger partial charge in [0.25, 0.3) is 0 Å². The molecule has 9 aromatic rings. The molecule has 86 heavy (non-hydrogen) atoms. The first-order chi connectivity index (χ1) is 41.6. The second kappa shape index (κ2) is 29.2. The van der Waals surface area contributed by atoms with Gasteiger partial charge in [-0.3, -0.25) is 9.59 Å². The van der Waals surface area contributed by atoms with E-state index in [9.17, 15) is 0 Å². The highest BCUT2D eigenvalue weighted by atomic mass is 32.1. The smallest absolute Gasteiger partial charge is 0.197 e. The molecule has 0 N–H and O–H groups in total. The molecule has 0 fully saturated rings. The molecule has 0 saturated carbocycles. The lowest BCUT2D eigenvalue weighted by atomic mass is 9.81. The normalized spacial score (nSPS) is 14.2. The summed E-state index contributed by atoms with van der Waals surface area (Å²) in [5, 5.41) is 2.19. The number of unbranched alkanes of at least 4 members (excludes halogenated alkanes) is 4. The van der Waals surface area contributed by atoms with Gasteiger partial charge >= 0.3 is 0 Å². The molecule has 4 unspecified atom stereocenters. The van der Waals surface area contributed by atoms with Crippen LogP contribution in [0.25, 0.3) is 70.3 Å². The van der Waals surface area contributed by atoms with Crippen LogP contribution >= 0.6 is 90.7 Å². The first kappa shape index (κ1) is 65.5. The van der Waals surface area contributed by atoms with Gasteiger partial charge in [-0.25, -0.2) is 8.78 Å². The van der Waals surface area contributed by atoms with Crippen LogP contribution in [-0.4, -0.2) is 11.6 Å². The summed E-state index contributed by atoms with van der Waals surface area (Å²) < 4.78 is 35.6. The Balaban J connectivity index is 1.16. The lowest BCUT2D eigenvalue weighted by Crippen LogP contribution is -2.22. The van der Waals surface area contributed by atoms with Gasteiger partial charge in [0.2, 0.25) is 0 Å². The van der Waals surface area contributed by atoms with Crippen LogP contribution in [0.3, 0.4) is 0 Å². The van der Waals surface area contributed by atoms with Crippen LogP contribution in [0.1, 0.15) is 259 Å². The molecule has 0 aliphatic heterocycles. The Bertz CT molecular complexity index is 3680. The lowest BCUT2D eigenvalue weighted by Gasteiger charge is -2.19. The Morgan fingerprint density at radius 2 is 0.767 bits per heavy atom. The van der Waals surface area contributed by atoms with Crippen LogP contribution in [0.4, 0.5) is 8.78 Å². The van der Waals surface area contributed by atoms with E-state index in [1.165, 1.54) is 9.75 Å². The number of fused-ring (bicyclic) bond motifs is 4. The Labute approximate surface area is 545 Å². The fraction of sp³-hybridized carbons (Fsp3) is 0.514. The van der Waals surface area contributed by atoms with Crippen LogP contribution in [-0.2, 0) is 25.7 Å². The van der Waals surface area contributed by atoms with Gasteiger partial charge in [-0.05, 0) is 110 Å². The third-order valence-electron chi connectivity index (χ3n) is 18.5. The second-order valence-corrected chi connectivity index (χ2v) is 34.1. The zero-order valence-electron chi connectivity index (χ0n) is 53.1. The summed E-state index contributed by atoms with van der Waals surface area (Å²) in [5.74, 6) is 2.16. The summed E-state index contributed by atoms with van der Waals surface area (Å²) >= 11 is 13.6. The van der Waals surface area contributed by atoms with Crippen molar-refractivity contribution < 1.29 is 18.4 Å². The van der Waals surface area contributed by atoms with Crippen LogP contribution in [0.2, 0.25) is 0 Å². The Morgan fingerprint density at radius 3 is 1.20 bits per heavy atom. The molecular weight excluding hydrogens is 1220 g/mol.